The van der Waals surface area contributed by atoms with Crippen LogP contribution in [0.15, 0.2) is 63.9 Å². The van der Waals surface area contributed by atoms with Crippen LogP contribution >= 0.6 is 11.3 Å². The highest BCUT2D eigenvalue weighted by molar-refractivity contribution is 7.08. The predicted octanol–water partition coefficient (Wildman–Crippen LogP) is 3.14. The van der Waals surface area contributed by atoms with E-state index in [1.54, 1.807) is 30.3 Å². The van der Waals surface area contributed by atoms with E-state index in [9.17, 15) is 9.90 Å². The second-order valence-electron chi connectivity index (χ2n) is 6.01. The SMILES string of the molecule is O=C(/C=C/c1ccc2c(c1)OCO2)NC[C@@](O)(c1ccsc1)c1ccco1. The lowest BCUT2D eigenvalue weighted by Gasteiger charge is -2.25. The van der Waals surface area contributed by atoms with Gasteiger partial charge in [0.2, 0.25) is 12.7 Å². The summed E-state index contributed by atoms with van der Waals surface area (Å²) < 4.78 is 16.0. The minimum Gasteiger partial charge on any atom is -0.466 e. The number of hydrogen-bond acceptors (Lipinski definition) is 6. The topological polar surface area (TPSA) is 80.9 Å². The Bertz CT molecular complexity index is 913. The minimum atomic E-state index is -1.42. The van der Waals surface area contributed by atoms with Gasteiger partial charge in [0.15, 0.2) is 17.1 Å². The fourth-order valence-electron chi connectivity index (χ4n) is 2.81. The lowest BCUT2D eigenvalue weighted by molar-refractivity contribution is -0.117. The van der Waals surface area contributed by atoms with Crippen molar-refractivity contribution >= 4 is 23.3 Å². The van der Waals surface area contributed by atoms with Gasteiger partial charge in [-0.05, 0) is 52.7 Å². The molecule has 1 aliphatic heterocycles. The molecule has 1 atom stereocenters. The molecule has 1 amide bonds. The minimum absolute atomic E-state index is 0.0123. The summed E-state index contributed by atoms with van der Waals surface area (Å²) >= 11 is 1.46. The van der Waals surface area contributed by atoms with E-state index >= 15 is 0 Å². The van der Waals surface area contributed by atoms with Crippen LogP contribution in [0.1, 0.15) is 16.9 Å². The Morgan fingerprint density at radius 1 is 1.26 bits per heavy atom. The molecule has 0 fully saturated rings. The van der Waals surface area contributed by atoms with Crippen molar-refractivity contribution in [2.75, 3.05) is 13.3 Å². The highest BCUT2D eigenvalue weighted by atomic mass is 32.1. The Kier molecular flexibility index (Phi) is 4.70. The van der Waals surface area contributed by atoms with Crippen LogP contribution in [-0.2, 0) is 10.4 Å². The molecule has 1 aliphatic rings. The molecule has 0 saturated heterocycles. The summed E-state index contributed by atoms with van der Waals surface area (Å²) in [5.41, 5.74) is 0.0576. The third kappa shape index (κ3) is 3.60. The largest absolute Gasteiger partial charge is 0.466 e. The molecule has 3 aromatic rings. The summed E-state index contributed by atoms with van der Waals surface area (Å²) in [4.78, 5) is 12.2. The number of fused-ring (bicyclic) bond motifs is 1. The molecule has 0 radical (unpaired) electrons. The predicted molar refractivity (Wildman–Crippen MR) is 101 cm³/mol. The van der Waals surface area contributed by atoms with Crippen molar-refractivity contribution in [1.29, 1.82) is 0 Å². The first kappa shape index (κ1) is 17.4. The number of ether oxygens (including phenoxy) is 2. The molecule has 0 aliphatic carbocycles. The number of aliphatic hydroxyl groups is 1. The molecular formula is C20H17NO5S. The molecule has 7 heteroatoms. The Morgan fingerprint density at radius 3 is 2.93 bits per heavy atom. The number of carbonyl (C=O) groups excluding carboxylic acids is 1. The summed E-state index contributed by atoms with van der Waals surface area (Å²) in [5, 5.41) is 17.5. The van der Waals surface area contributed by atoms with Gasteiger partial charge >= 0.3 is 0 Å². The second kappa shape index (κ2) is 7.30. The van der Waals surface area contributed by atoms with E-state index in [1.807, 2.05) is 22.9 Å². The first-order chi connectivity index (χ1) is 13.1. The van der Waals surface area contributed by atoms with Crippen LogP contribution in [0.3, 0.4) is 0 Å². The number of carbonyl (C=O) groups is 1. The van der Waals surface area contributed by atoms with Crippen LogP contribution in [-0.4, -0.2) is 24.4 Å². The summed E-state index contributed by atoms with van der Waals surface area (Å²) in [6.45, 7) is 0.193. The van der Waals surface area contributed by atoms with Gasteiger partial charge in [0.25, 0.3) is 0 Å². The average molecular weight is 383 g/mol. The van der Waals surface area contributed by atoms with E-state index in [0.29, 0.717) is 22.8 Å². The third-order valence-corrected chi connectivity index (χ3v) is 4.95. The molecular weight excluding hydrogens is 366 g/mol. The molecule has 27 heavy (non-hydrogen) atoms. The number of benzene rings is 1. The van der Waals surface area contributed by atoms with Gasteiger partial charge in [-0.15, -0.1) is 0 Å². The van der Waals surface area contributed by atoms with E-state index in [0.717, 1.165) is 5.56 Å². The monoisotopic (exact) mass is 383 g/mol. The quantitative estimate of drug-likeness (QED) is 0.639. The number of thiophene rings is 1. The number of rotatable bonds is 6. The first-order valence-corrected chi connectivity index (χ1v) is 9.24. The average Bonchev–Trinajstić information content (AvgIpc) is 3.45. The van der Waals surface area contributed by atoms with Crippen molar-refractivity contribution in [3.63, 3.8) is 0 Å². The lowest BCUT2D eigenvalue weighted by Crippen LogP contribution is -2.40. The maximum atomic E-state index is 12.2. The second-order valence-corrected chi connectivity index (χ2v) is 6.79. The normalized spacial score (nSPS) is 15.0. The molecule has 2 N–H and O–H groups in total. The van der Waals surface area contributed by atoms with Crippen LogP contribution in [0, 0.1) is 0 Å². The van der Waals surface area contributed by atoms with E-state index in [-0.39, 0.29) is 19.2 Å². The first-order valence-electron chi connectivity index (χ1n) is 8.30. The molecule has 0 saturated carbocycles. The summed E-state index contributed by atoms with van der Waals surface area (Å²) in [7, 11) is 0. The van der Waals surface area contributed by atoms with E-state index in [1.165, 1.54) is 23.7 Å². The Hall–Kier alpha value is -3.03. The van der Waals surface area contributed by atoms with E-state index in [4.69, 9.17) is 13.9 Å². The Morgan fingerprint density at radius 2 is 2.15 bits per heavy atom. The van der Waals surface area contributed by atoms with Gasteiger partial charge in [-0.3, -0.25) is 4.79 Å². The molecule has 0 unspecified atom stereocenters. The molecule has 3 heterocycles. The number of nitrogens with one attached hydrogen (secondary N) is 1. The number of amides is 1. The van der Waals surface area contributed by atoms with E-state index < -0.39 is 5.60 Å². The van der Waals surface area contributed by atoms with Crippen LogP contribution in [0.25, 0.3) is 6.08 Å². The highest BCUT2D eigenvalue weighted by Gasteiger charge is 2.35. The molecule has 6 nitrogen and oxygen atoms in total. The standard InChI is InChI=1S/C20H17NO5S/c22-19(6-4-14-3-5-16-17(10-14)26-13-25-16)21-12-20(23,15-7-9-27-11-15)18-2-1-8-24-18/h1-11,23H,12-13H2,(H,21,22)/b6-4+/t20-/m1/s1. The summed E-state index contributed by atoms with van der Waals surface area (Å²) in [5.74, 6) is 1.40. The molecule has 138 valence electrons. The fourth-order valence-corrected chi connectivity index (χ4v) is 3.53. The Labute approximate surface area is 159 Å². The van der Waals surface area contributed by atoms with Crippen molar-refractivity contribution in [2.45, 2.75) is 5.60 Å². The third-order valence-electron chi connectivity index (χ3n) is 4.27. The molecule has 1 aromatic carbocycles. The number of hydrogen-bond donors (Lipinski definition) is 2. The van der Waals surface area contributed by atoms with Gasteiger partial charge < -0.3 is 24.3 Å². The molecule has 2 aromatic heterocycles. The van der Waals surface area contributed by atoms with Gasteiger partial charge in [-0.1, -0.05) is 6.07 Å². The van der Waals surface area contributed by atoms with Crippen LogP contribution < -0.4 is 14.8 Å². The summed E-state index contributed by atoms with van der Waals surface area (Å²) in [6.07, 6.45) is 4.58. The van der Waals surface area contributed by atoms with Crippen molar-refractivity contribution in [1.82, 2.24) is 5.32 Å². The molecule has 0 bridgehead atoms. The molecule has 0 spiro atoms. The zero-order chi connectivity index (χ0) is 18.7. The fraction of sp³-hybridized carbons (Fsp3) is 0.150. The van der Waals surface area contributed by atoms with Crippen molar-refractivity contribution < 1.29 is 23.8 Å². The van der Waals surface area contributed by atoms with Crippen LogP contribution in [0.4, 0.5) is 0 Å². The lowest BCUT2D eigenvalue weighted by atomic mass is 9.93. The van der Waals surface area contributed by atoms with Gasteiger partial charge in [0, 0.05) is 11.6 Å². The van der Waals surface area contributed by atoms with Crippen molar-refractivity contribution in [3.8, 4) is 11.5 Å². The maximum Gasteiger partial charge on any atom is 0.244 e. The maximum absolute atomic E-state index is 12.2. The van der Waals surface area contributed by atoms with Crippen LogP contribution in [0.5, 0.6) is 11.5 Å². The zero-order valence-corrected chi connectivity index (χ0v) is 15.1. The zero-order valence-electron chi connectivity index (χ0n) is 14.3. The van der Waals surface area contributed by atoms with Gasteiger partial charge in [-0.2, -0.15) is 11.3 Å². The highest BCUT2D eigenvalue weighted by Crippen LogP contribution is 2.33. The van der Waals surface area contributed by atoms with Crippen LogP contribution in [0.2, 0.25) is 0 Å². The van der Waals surface area contributed by atoms with Gasteiger partial charge in [0.1, 0.15) is 5.76 Å². The summed E-state index contributed by atoms with van der Waals surface area (Å²) in [6, 6.07) is 10.6. The molecule has 4 rings (SSSR count). The number of furan rings is 1. The van der Waals surface area contributed by atoms with E-state index in [2.05, 4.69) is 5.32 Å². The van der Waals surface area contributed by atoms with Crippen molar-refractivity contribution in [2.24, 2.45) is 0 Å². The smallest absolute Gasteiger partial charge is 0.244 e. The Balaban J connectivity index is 1.44. The van der Waals surface area contributed by atoms with Gasteiger partial charge in [0.05, 0.1) is 12.8 Å². The van der Waals surface area contributed by atoms with Gasteiger partial charge in [-0.25, -0.2) is 0 Å². The van der Waals surface area contributed by atoms with Crippen molar-refractivity contribution in [3.05, 3.63) is 76.4 Å².